The van der Waals surface area contributed by atoms with E-state index in [1.54, 1.807) is 35.7 Å². The van der Waals surface area contributed by atoms with Gasteiger partial charge in [-0.3, -0.25) is 14.2 Å². The van der Waals surface area contributed by atoms with Crippen molar-refractivity contribution in [3.8, 4) is 11.3 Å². The molecule has 0 spiro atoms. The van der Waals surface area contributed by atoms with Gasteiger partial charge in [-0.2, -0.15) is 0 Å². The van der Waals surface area contributed by atoms with Gasteiger partial charge in [0.15, 0.2) is 4.96 Å². The lowest BCUT2D eigenvalue weighted by atomic mass is 10.1. The van der Waals surface area contributed by atoms with Gasteiger partial charge in [-0.25, -0.2) is 4.98 Å². The lowest BCUT2D eigenvalue weighted by Crippen LogP contribution is -2.13. The van der Waals surface area contributed by atoms with Gasteiger partial charge >= 0.3 is 0 Å². The lowest BCUT2D eigenvalue weighted by Gasteiger charge is -2.06. The van der Waals surface area contributed by atoms with Gasteiger partial charge in [0.2, 0.25) is 0 Å². The quantitative estimate of drug-likeness (QED) is 0.626. The zero-order valence-electron chi connectivity index (χ0n) is 12.0. The largest absolute Gasteiger partial charge is 0.321 e. The van der Waals surface area contributed by atoms with Gasteiger partial charge in [0.05, 0.1) is 5.69 Å². The molecular formula is C17H12N4OS. The van der Waals surface area contributed by atoms with Gasteiger partial charge in [-0.1, -0.05) is 18.2 Å². The Morgan fingerprint density at radius 3 is 2.96 bits per heavy atom. The molecule has 4 rings (SSSR count). The Bertz CT molecular complexity index is 946. The minimum atomic E-state index is -0.228. The van der Waals surface area contributed by atoms with E-state index in [2.05, 4.69) is 15.3 Å². The van der Waals surface area contributed by atoms with Crippen LogP contribution in [0, 0.1) is 0 Å². The number of benzene rings is 1. The highest BCUT2D eigenvalue weighted by Gasteiger charge is 2.09. The van der Waals surface area contributed by atoms with Crippen molar-refractivity contribution in [1.82, 2.24) is 14.4 Å². The fourth-order valence-corrected chi connectivity index (χ4v) is 3.02. The first kappa shape index (κ1) is 13.7. The summed E-state index contributed by atoms with van der Waals surface area (Å²) in [6, 6.07) is 12.9. The van der Waals surface area contributed by atoms with Crippen LogP contribution >= 0.6 is 11.3 Å². The fourth-order valence-electron chi connectivity index (χ4n) is 2.32. The number of nitrogens with one attached hydrogen (secondary N) is 1. The van der Waals surface area contributed by atoms with Crippen molar-refractivity contribution < 1.29 is 4.79 Å². The van der Waals surface area contributed by atoms with Crippen LogP contribution in [-0.4, -0.2) is 20.3 Å². The number of thiazole rings is 1. The monoisotopic (exact) mass is 320 g/mol. The number of carbonyl (C=O) groups is 1. The Morgan fingerprint density at radius 2 is 2.13 bits per heavy atom. The molecule has 6 heteroatoms. The molecule has 0 radical (unpaired) electrons. The molecule has 0 unspecified atom stereocenters. The van der Waals surface area contributed by atoms with Crippen LogP contribution in [0.25, 0.3) is 16.2 Å². The van der Waals surface area contributed by atoms with Gasteiger partial charge in [0.25, 0.3) is 5.91 Å². The number of hydrogen-bond acceptors (Lipinski definition) is 4. The van der Waals surface area contributed by atoms with E-state index in [4.69, 9.17) is 0 Å². The van der Waals surface area contributed by atoms with E-state index in [1.807, 2.05) is 46.4 Å². The highest BCUT2D eigenvalue weighted by Crippen LogP contribution is 2.24. The number of rotatable bonds is 3. The average molecular weight is 320 g/mol. The van der Waals surface area contributed by atoms with E-state index in [1.165, 1.54) is 0 Å². The van der Waals surface area contributed by atoms with Crippen LogP contribution in [0.2, 0.25) is 0 Å². The van der Waals surface area contributed by atoms with Crippen molar-refractivity contribution in [3.05, 3.63) is 72.1 Å². The maximum atomic E-state index is 12.2. The van der Waals surface area contributed by atoms with Crippen molar-refractivity contribution in [2.24, 2.45) is 0 Å². The zero-order chi connectivity index (χ0) is 15.6. The summed E-state index contributed by atoms with van der Waals surface area (Å²) in [5.41, 5.74) is 2.94. The van der Waals surface area contributed by atoms with Crippen molar-refractivity contribution in [2.45, 2.75) is 0 Å². The van der Waals surface area contributed by atoms with E-state index >= 15 is 0 Å². The Labute approximate surface area is 136 Å². The summed E-state index contributed by atoms with van der Waals surface area (Å²) in [5, 5.41) is 4.86. The Morgan fingerprint density at radius 1 is 1.17 bits per heavy atom. The van der Waals surface area contributed by atoms with Gasteiger partial charge in [-0.05, 0) is 24.3 Å². The summed E-state index contributed by atoms with van der Waals surface area (Å²) in [5.74, 6) is -0.228. The third-order valence-electron chi connectivity index (χ3n) is 3.41. The van der Waals surface area contributed by atoms with E-state index in [0.717, 1.165) is 21.9 Å². The molecule has 0 aliphatic carbocycles. The molecule has 3 aromatic heterocycles. The number of fused-ring (bicyclic) bond motifs is 1. The predicted molar refractivity (Wildman–Crippen MR) is 90.7 cm³/mol. The van der Waals surface area contributed by atoms with E-state index in [0.29, 0.717) is 5.69 Å². The molecule has 0 saturated heterocycles. The van der Waals surface area contributed by atoms with Gasteiger partial charge in [-0.15, -0.1) is 11.3 Å². The second-order valence-electron chi connectivity index (χ2n) is 4.97. The molecule has 0 bridgehead atoms. The van der Waals surface area contributed by atoms with Crippen LogP contribution in [0.3, 0.4) is 0 Å². The highest BCUT2D eigenvalue weighted by atomic mass is 32.1. The molecule has 0 atom stereocenters. The number of carbonyl (C=O) groups excluding carboxylic acids is 1. The van der Waals surface area contributed by atoms with E-state index < -0.39 is 0 Å². The number of imidazole rings is 1. The first-order valence-corrected chi connectivity index (χ1v) is 7.92. The van der Waals surface area contributed by atoms with Gasteiger partial charge < -0.3 is 5.32 Å². The van der Waals surface area contributed by atoms with Crippen LogP contribution in [0.15, 0.2) is 66.4 Å². The molecule has 1 N–H and O–H groups in total. The molecular weight excluding hydrogens is 308 g/mol. The topological polar surface area (TPSA) is 59.3 Å². The second-order valence-corrected chi connectivity index (χ2v) is 5.84. The Balaban J connectivity index is 1.61. The first-order chi connectivity index (χ1) is 11.3. The number of hydrogen-bond donors (Lipinski definition) is 1. The lowest BCUT2D eigenvalue weighted by molar-refractivity contribution is 0.102. The molecule has 112 valence electrons. The number of nitrogens with zero attached hydrogens (tertiary/aromatic N) is 3. The maximum Gasteiger partial charge on any atom is 0.274 e. The highest BCUT2D eigenvalue weighted by molar-refractivity contribution is 7.15. The summed E-state index contributed by atoms with van der Waals surface area (Å²) < 4.78 is 1.99. The van der Waals surface area contributed by atoms with Crippen molar-refractivity contribution >= 4 is 27.9 Å². The molecule has 5 nitrogen and oxygen atoms in total. The second kappa shape index (κ2) is 5.66. The number of amides is 1. The predicted octanol–water partition coefficient (Wildman–Crippen LogP) is 3.71. The number of pyridine rings is 1. The summed E-state index contributed by atoms with van der Waals surface area (Å²) in [4.78, 5) is 21.7. The van der Waals surface area contributed by atoms with Gasteiger partial charge in [0, 0.05) is 35.2 Å². The normalized spacial score (nSPS) is 10.8. The average Bonchev–Trinajstić information content (AvgIpc) is 3.17. The third kappa shape index (κ3) is 2.72. The van der Waals surface area contributed by atoms with Crippen LogP contribution in [0.1, 0.15) is 10.5 Å². The van der Waals surface area contributed by atoms with Crippen molar-refractivity contribution in [1.29, 1.82) is 0 Å². The van der Waals surface area contributed by atoms with Crippen LogP contribution in [-0.2, 0) is 0 Å². The zero-order valence-corrected chi connectivity index (χ0v) is 12.8. The standard InChI is InChI=1S/C17H12N4OS/c22-16(14-6-1-2-7-18-14)19-13-5-3-4-12(10-13)15-11-21-8-9-23-17(21)20-15/h1-11H,(H,19,22). The maximum absolute atomic E-state index is 12.2. The number of aromatic nitrogens is 3. The smallest absolute Gasteiger partial charge is 0.274 e. The van der Waals surface area contributed by atoms with Crippen molar-refractivity contribution in [2.75, 3.05) is 5.32 Å². The summed E-state index contributed by atoms with van der Waals surface area (Å²) in [6.07, 6.45) is 5.55. The Hall–Kier alpha value is -2.99. The SMILES string of the molecule is O=C(Nc1cccc(-c2cn3ccsc3n2)c1)c1ccccn1. The molecule has 0 fully saturated rings. The Kier molecular flexibility index (Phi) is 3.36. The first-order valence-electron chi connectivity index (χ1n) is 7.05. The minimum Gasteiger partial charge on any atom is -0.321 e. The molecule has 0 aliphatic rings. The number of anilines is 1. The third-order valence-corrected chi connectivity index (χ3v) is 4.18. The molecule has 3 heterocycles. The molecule has 0 saturated carbocycles. The van der Waals surface area contributed by atoms with E-state index in [9.17, 15) is 4.79 Å². The van der Waals surface area contributed by atoms with Crippen LogP contribution in [0.4, 0.5) is 5.69 Å². The van der Waals surface area contributed by atoms with Crippen LogP contribution < -0.4 is 5.32 Å². The summed E-state index contributed by atoms with van der Waals surface area (Å²) >= 11 is 1.59. The minimum absolute atomic E-state index is 0.228. The van der Waals surface area contributed by atoms with Crippen LogP contribution in [0.5, 0.6) is 0 Å². The summed E-state index contributed by atoms with van der Waals surface area (Å²) in [6.45, 7) is 0. The summed E-state index contributed by atoms with van der Waals surface area (Å²) in [7, 11) is 0. The fraction of sp³-hybridized carbons (Fsp3) is 0. The molecule has 1 aromatic carbocycles. The molecule has 23 heavy (non-hydrogen) atoms. The van der Waals surface area contributed by atoms with E-state index in [-0.39, 0.29) is 5.91 Å². The van der Waals surface area contributed by atoms with Crippen molar-refractivity contribution in [3.63, 3.8) is 0 Å². The van der Waals surface area contributed by atoms with Gasteiger partial charge in [0.1, 0.15) is 5.69 Å². The molecule has 0 aliphatic heterocycles. The molecule has 1 amide bonds. The molecule has 4 aromatic rings.